The fraction of sp³-hybridized carbons (Fsp3) is 0.444. The first-order valence-electron chi connectivity index (χ1n) is 8.40. The molecule has 0 saturated carbocycles. The van der Waals surface area contributed by atoms with E-state index in [1.54, 1.807) is 13.1 Å². The van der Waals surface area contributed by atoms with Gasteiger partial charge in [-0.05, 0) is 31.5 Å². The van der Waals surface area contributed by atoms with Crippen molar-refractivity contribution < 1.29 is 19.0 Å². The van der Waals surface area contributed by atoms with Crippen LogP contribution in [0.2, 0.25) is 0 Å². The van der Waals surface area contributed by atoms with Crippen LogP contribution in [0.25, 0.3) is 11.3 Å². The first-order chi connectivity index (χ1) is 12.1. The summed E-state index contributed by atoms with van der Waals surface area (Å²) in [5.74, 6) is 2.04. The summed E-state index contributed by atoms with van der Waals surface area (Å²) in [7, 11) is 1.52. The number of carbonyl (C=O) groups is 1. The van der Waals surface area contributed by atoms with E-state index < -0.39 is 6.10 Å². The Labute approximate surface area is 146 Å². The molecule has 1 aliphatic heterocycles. The second-order valence-corrected chi connectivity index (χ2v) is 5.98. The molecule has 1 aromatic carbocycles. The van der Waals surface area contributed by atoms with Crippen molar-refractivity contribution in [1.82, 2.24) is 15.3 Å². The number of ether oxygens (including phenoxy) is 3. The van der Waals surface area contributed by atoms with Crippen molar-refractivity contribution in [3.05, 3.63) is 30.2 Å². The van der Waals surface area contributed by atoms with E-state index in [-0.39, 0.29) is 18.7 Å². The van der Waals surface area contributed by atoms with Gasteiger partial charge in [-0.2, -0.15) is 0 Å². The van der Waals surface area contributed by atoms with Gasteiger partial charge in [-0.3, -0.25) is 4.79 Å². The molecule has 1 aromatic heterocycles. The summed E-state index contributed by atoms with van der Waals surface area (Å²) < 4.78 is 15.8. The lowest BCUT2D eigenvalue weighted by atomic mass is 10.1. The summed E-state index contributed by atoms with van der Waals surface area (Å²) in [6.45, 7) is 4.04. The Kier molecular flexibility index (Phi) is 5.23. The first kappa shape index (κ1) is 17.3. The molecule has 0 radical (unpaired) electrons. The number of amides is 1. The third kappa shape index (κ3) is 3.76. The van der Waals surface area contributed by atoms with Gasteiger partial charge in [0, 0.05) is 12.7 Å². The highest BCUT2D eigenvalue weighted by Crippen LogP contribution is 2.35. The summed E-state index contributed by atoms with van der Waals surface area (Å²) in [6.07, 6.45) is 2.98. The number of methoxy groups -OCH3 is 1. The molecule has 0 saturated heterocycles. The van der Waals surface area contributed by atoms with Crippen LogP contribution in [0.5, 0.6) is 11.5 Å². The van der Waals surface area contributed by atoms with Gasteiger partial charge in [0.2, 0.25) is 12.7 Å². The molecule has 7 nitrogen and oxygen atoms in total. The number of aromatic amines is 1. The number of fused-ring (bicyclic) bond motifs is 1. The fourth-order valence-electron chi connectivity index (χ4n) is 2.69. The van der Waals surface area contributed by atoms with E-state index in [0.29, 0.717) is 0 Å². The Morgan fingerprint density at radius 3 is 2.96 bits per heavy atom. The number of hydrogen-bond acceptors (Lipinski definition) is 5. The van der Waals surface area contributed by atoms with E-state index in [4.69, 9.17) is 14.2 Å². The zero-order valence-electron chi connectivity index (χ0n) is 14.7. The van der Waals surface area contributed by atoms with Crippen molar-refractivity contribution in [3.63, 3.8) is 0 Å². The molecule has 7 heteroatoms. The van der Waals surface area contributed by atoms with Gasteiger partial charge in [0.15, 0.2) is 11.5 Å². The molecular weight excluding hydrogens is 322 g/mol. The summed E-state index contributed by atoms with van der Waals surface area (Å²) >= 11 is 0. The van der Waals surface area contributed by atoms with E-state index in [1.807, 2.05) is 18.2 Å². The lowest BCUT2D eigenvalue weighted by molar-refractivity contribution is -0.130. The van der Waals surface area contributed by atoms with Crippen molar-refractivity contribution in [2.45, 2.75) is 38.8 Å². The maximum Gasteiger partial charge on any atom is 0.249 e. The summed E-state index contributed by atoms with van der Waals surface area (Å²) in [6, 6.07) is 5.56. The van der Waals surface area contributed by atoms with E-state index in [9.17, 15) is 4.79 Å². The molecule has 1 amide bonds. The normalized spacial score (nSPS) is 15.0. The number of nitrogens with zero attached hydrogens (tertiary/aromatic N) is 1. The Balaban J connectivity index is 1.79. The van der Waals surface area contributed by atoms with Crippen molar-refractivity contribution in [1.29, 1.82) is 0 Å². The topological polar surface area (TPSA) is 85.5 Å². The van der Waals surface area contributed by atoms with Gasteiger partial charge in [-0.25, -0.2) is 4.98 Å². The summed E-state index contributed by atoms with van der Waals surface area (Å²) in [5, 5.41) is 2.99. The van der Waals surface area contributed by atoms with E-state index in [2.05, 4.69) is 22.2 Å². The van der Waals surface area contributed by atoms with Crippen LogP contribution in [0.1, 0.15) is 38.6 Å². The van der Waals surface area contributed by atoms with Gasteiger partial charge in [0.25, 0.3) is 0 Å². The van der Waals surface area contributed by atoms with Gasteiger partial charge in [0.05, 0.1) is 17.9 Å². The molecule has 0 unspecified atom stereocenters. The van der Waals surface area contributed by atoms with Gasteiger partial charge in [-0.15, -0.1) is 0 Å². The number of H-pyrrole nitrogens is 1. The van der Waals surface area contributed by atoms with Crippen molar-refractivity contribution in [3.8, 4) is 22.8 Å². The third-order valence-corrected chi connectivity index (χ3v) is 4.23. The largest absolute Gasteiger partial charge is 0.454 e. The molecule has 0 bridgehead atoms. The lowest BCUT2D eigenvalue weighted by Gasteiger charge is -2.18. The molecule has 0 spiro atoms. The van der Waals surface area contributed by atoms with Gasteiger partial charge < -0.3 is 24.5 Å². The molecule has 134 valence electrons. The van der Waals surface area contributed by atoms with Crippen LogP contribution in [-0.2, 0) is 9.53 Å². The highest BCUT2D eigenvalue weighted by molar-refractivity contribution is 5.80. The maximum atomic E-state index is 12.1. The van der Waals surface area contributed by atoms with Gasteiger partial charge in [0.1, 0.15) is 11.9 Å². The van der Waals surface area contributed by atoms with Crippen LogP contribution in [0.4, 0.5) is 0 Å². The smallest absolute Gasteiger partial charge is 0.249 e. The molecule has 2 heterocycles. The Bertz CT molecular complexity index is 744. The van der Waals surface area contributed by atoms with Gasteiger partial charge >= 0.3 is 0 Å². The average molecular weight is 345 g/mol. The predicted octanol–water partition coefficient (Wildman–Crippen LogP) is 2.80. The van der Waals surface area contributed by atoms with Crippen LogP contribution >= 0.6 is 0 Å². The molecule has 2 atom stereocenters. The van der Waals surface area contributed by atoms with Crippen LogP contribution < -0.4 is 14.8 Å². The maximum absolute atomic E-state index is 12.1. The zero-order valence-corrected chi connectivity index (χ0v) is 14.7. The zero-order chi connectivity index (χ0) is 17.8. The molecule has 0 fully saturated rings. The quantitative estimate of drug-likeness (QED) is 0.806. The van der Waals surface area contributed by atoms with Gasteiger partial charge in [-0.1, -0.05) is 13.3 Å². The lowest BCUT2D eigenvalue weighted by Crippen LogP contribution is -2.37. The number of carbonyl (C=O) groups excluding carboxylic acids is 1. The van der Waals surface area contributed by atoms with E-state index >= 15 is 0 Å². The number of nitrogens with one attached hydrogen (secondary N) is 2. The molecule has 25 heavy (non-hydrogen) atoms. The minimum atomic E-state index is -0.498. The minimum absolute atomic E-state index is 0.151. The Morgan fingerprint density at radius 1 is 1.40 bits per heavy atom. The molecular formula is C18H23N3O4. The molecule has 2 aromatic rings. The molecule has 3 rings (SSSR count). The third-order valence-electron chi connectivity index (χ3n) is 4.23. The summed E-state index contributed by atoms with van der Waals surface area (Å²) in [5.41, 5.74) is 1.82. The second-order valence-electron chi connectivity index (χ2n) is 5.98. The van der Waals surface area contributed by atoms with E-state index in [0.717, 1.165) is 41.4 Å². The van der Waals surface area contributed by atoms with Crippen LogP contribution in [0.3, 0.4) is 0 Å². The molecule has 2 N–H and O–H groups in total. The van der Waals surface area contributed by atoms with Crippen LogP contribution in [-0.4, -0.2) is 35.9 Å². The highest BCUT2D eigenvalue weighted by atomic mass is 16.7. The number of rotatable bonds is 7. The average Bonchev–Trinajstić information content (AvgIpc) is 3.28. The monoisotopic (exact) mass is 345 g/mol. The van der Waals surface area contributed by atoms with Crippen molar-refractivity contribution in [2.24, 2.45) is 0 Å². The van der Waals surface area contributed by atoms with Crippen LogP contribution in [0.15, 0.2) is 24.4 Å². The highest BCUT2D eigenvalue weighted by Gasteiger charge is 2.21. The molecule has 0 aliphatic carbocycles. The number of benzene rings is 1. The number of aromatic nitrogens is 2. The van der Waals surface area contributed by atoms with E-state index in [1.165, 1.54) is 7.11 Å². The molecule has 1 aliphatic rings. The number of hydrogen-bond donors (Lipinski definition) is 2. The number of imidazole rings is 1. The van der Waals surface area contributed by atoms with Crippen molar-refractivity contribution >= 4 is 5.91 Å². The summed E-state index contributed by atoms with van der Waals surface area (Å²) in [4.78, 5) is 19.9. The predicted molar refractivity (Wildman–Crippen MR) is 92.4 cm³/mol. The first-order valence-corrected chi connectivity index (χ1v) is 8.40. The standard InChI is InChI=1S/C18H23N3O4/c1-4-5-13(21-18(22)11(2)23-3)17-19-9-14(20-17)12-6-7-15-16(8-12)25-10-24-15/h6-9,11,13H,4-5,10H2,1-3H3,(H,19,20)(H,21,22)/t11-,13+/m1/s1. The minimum Gasteiger partial charge on any atom is -0.454 e. The Hall–Kier alpha value is -2.54. The van der Waals surface area contributed by atoms with Crippen molar-refractivity contribution in [2.75, 3.05) is 13.9 Å². The Morgan fingerprint density at radius 2 is 2.20 bits per heavy atom. The fourth-order valence-corrected chi connectivity index (χ4v) is 2.69. The SMILES string of the molecule is CCC[C@H](NC(=O)[C@@H](C)OC)c1ncc(-c2ccc3c(c2)OCO3)[nH]1. The second kappa shape index (κ2) is 7.57. The van der Waals surface area contributed by atoms with Crippen LogP contribution in [0, 0.1) is 0 Å².